The van der Waals surface area contributed by atoms with Crippen molar-refractivity contribution in [2.75, 3.05) is 6.61 Å². The molecule has 0 aromatic heterocycles. The number of hydrogen-bond donors (Lipinski definition) is 1. The van der Waals surface area contributed by atoms with Crippen LogP contribution in [0.5, 0.6) is 5.75 Å². The molecular formula is C18H19BrClNO2. The molecule has 23 heavy (non-hydrogen) atoms. The Morgan fingerprint density at radius 3 is 2.65 bits per heavy atom. The van der Waals surface area contributed by atoms with Gasteiger partial charge in [-0.05, 0) is 50.1 Å². The maximum Gasteiger partial charge on any atom is 0.258 e. The normalized spacial score (nSPS) is 11.9. The minimum atomic E-state index is -0.184. The van der Waals surface area contributed by atoms with E-state index in [-0.39, 0.29) is 18.6 Å². The van der Waals surface area contributed by atoms with Gasteiger partial charge in [-0.2, -0.15) is 0 Å². The van der Waals surface area contributed by atoms with Gasteiger partial charge in [0.05, 0.1) is 11.1 Å². The number of ether oxygens (including phenoxy) is 1. The standard InChI is InChI=1S/C18H19BrClNO2/c1-11-4-6-15(12(2)8-11)13(3)21-18(22)10-23-17-7-5-14(19)9-16(17)20/h4-9,13H,10H2,1-3H3,(H,21,22)/t13-/m0/s1. The van der Waals surface area contributed by atoms with Gasteiger partial charge in [-0.1, -0.05) is 51.3 Å². The number of amides is 1. The summed E-state index contributed by atoms with van der Waals surface area (Å²) in [5.41, 5.74) is 3.47. The molecule has 5 heteroatoms. The van der Waals surface area contributed by atoms with E-state index in [1.165, 1.54) is 5.56 Å². The van der Waals surface area contributed by atoms with Gasteiger partial charge in [0.1, 0.15) is 5.75 Å². The van der Waals surface area contributed by atoms with E-state index in [0.29, 0.717) is 10.8 Å². The van der Waals surface area contributed by atoms with Gasteiger partial charge in [-0.25, -0.2) is 0 Å². The summed E-state index contributed by atoms with van der Waals surface area (Å²) in [6.45, 7) is 5.98. The number of rotatable bonds is 5. The molecule has 0 saturated heterocycles. The Morgan fingerprint density at radius 2 is 2.00 bits per heavy atom. The summed E-state index contributed by atoms with van der Waals surface area (Å²) < 4.78 is 6.34. The maximum absolute atomic E-state index is 12.1. The summed E-state index contributed by atoms with van der Waals surface area (Å²) in [6.07, 6.45) is 0. The van der Waals surface area contributed by atoms with Crippen LogP contribution in [0.25, 0.3) is 0 Å². The Bertz CT molecular complexity index is 718. The lowest BCUT2D eigenvalue weighted by molar-refractivity contribution is -0.123. The van der Waals surface area contributed by atoms with Crippen LogP contribution in [-0.2, 0) is 4.79 Å². The second kappa shape index (κ2) is 7.84. The first kappa shape index (κ1) is 17.8. The van der Waals surface area contributed by atoms with Crippen LogP contribution in [-0.4, -0.2) is 12.5 Å². The van der Waals surface area contributed by atoms with Crippen LogP contribution in [0.15, 0.2) is 40.9 Å². The van der Waals surface area contributed by atoms with Crippen molar-refractivity contribution in [2.45, 2.75) is 26.8 Å². The molecule has 2 rings (SSSR count). The number of halogens is 2. The van der Waals surface area contributed by atoms with E-state index in [2.05, 4.69) is 34.2 Å². The first-order valence-corrected chi connectivity index (χ1v) is 8.48. The molecular weight excluding hydrogens is 378 g/mol. The molecule has 1 amide bonds. The lowest BCUT2D eigenvalue weighted by Crippen LogP contribution is -2.31. The summed E-state index contributed by atoms with van der Waals surface area (Å²) in [7, 11) is 0. The smallest absolute Gasteiger partial charge is 0.258 e. The Morgan fingerprint density at radius 1 is 1.26 bits per heavy atom. The van der Waals surface area contributed by atoms with E-state index in [1.807, 2.05) is 32.0 Å². The predicted molar refractivity (Wildman–Crippen MR) is 97.1 cm³/mol. The summed E-state index contributed by atoms with van der Waals surface area (Å²) in [4.78, 5) is 12.1. The first-order chi connectivity index (χ1) is 10.9. The Kier molecular flexibility index (Phi) is 6.08. The highest BCUT2D eigenvalue weighted by Crippen LogP contribution is 2.27. The Labute approximate surface area is 150 Å². The SMILES string of the molecule is Cc1ccc([C@H](C)NC(=O)COc2ccc(Br)cc2Cl)c(C)c1. The van der Waals surface area contributed by atoms with Gasteiger partial charge in [0, 0.05) is 4.47 Å². The van der Waals surface area contributed by atoms with Crippen LogP contribution in [0.4, 0.5) is 0 Å². The largest absolute Gasteiger partial charge is 0.482 e. The molecule has 1 N–H and O–H groups in total. The fourth-order valence-corrected chi connectivity index (χ4v) is 3.14. The molecule has 0 heterocycles. The third-order valence-corrected chi connectivity index (χ3v) is 4.31. The zero-order valence-corrected chi connectivity index (χ0v) is 15.7. The lowest BCUT2D eigenvalue weighted by Gasteiger charge is -2.17. The van der Waals surface area contributed by atoms with Crippen LogP contribution in [0.3, 0.4) is 0 Å². The molecule has 0 aliphatic heterocycles. The summed E-state index contributed by atoms with van der Waals surface area (Å²) >= 11 is 9.39. The van der Waals surface area contributed by atoms with Crippen molar-refractivity contribution in [3.05, 3.63) is 62.6 Å². The molecule has 0 unspecified atom stereocenters. The average molecular weight is 397 g/mol. The molecule has 0 radical (unpaired) electrons. The van der Waals surface area contributed by atoms with E-state index in [4.69, 9.17) is 16.3 Å². The number of carbonyl (C=O) groups is 1. The monoisotopic (exact) mass is 395 g/mol. The van der Waals surface area contributed by atoms with Crippen molar-refractivity contribution < 1.29 is 9.53 Å². The molecule has 0 saturated carbocycles. The highest BCUT2D eigenvalue weighted by atomic mass is 79.9. The fraction of sp³-hybridized carbons (Fsp3) is 0.278. The zero-order chi connectivity index (χ0) is 17.0. The summed E-state index contributed by atoms with van der Waals surface area (Å²) in [5.74, 6) is 0.306. The van der Waals surface area contributed by atoms with E-state index in [9.17, 15) is 4.79 Å². The second-order valence-electron chi connectivity index (χ2n) is 5.51. The quantitative estimate of drug-likeness (QED) is 0.774. The Balaban J connectivity index is 1.93. The minimum Gasteiger partial charge on any atom is -0.482 e. The zero-order valence-electron chi connectivity index (χ0n) is 13.3. The summed E-state index contributed by atoms with van der Waals surface area (Å²) in [5, 5.41) is 3.41. The van der Waals surface area contributed by atoms with Gasteiger partial charge in [-0.3, -0.25) is 4.79 Å². The fourth-order valence-electron chi connectivity index (χ4n) is 2.41. The number of benzene rings is 2. The highest BCUT2D eigenvalue weighted by Gasteiger charge is 2.13. The molecule has 0 spiro atoms. The van der Waals surface area contributed by atoms with Crippen LogP contribution in [0.1, 0.15) is 29.7 Å². The molecule has 1 atom stereocenters. The number of aryl methyl sites for hydroxylation is 2. The lowest BCUT2D eigenvalue weighted by atomic mass is 10.0. The van der Waals surface area contributed by atoms with E-state index in [0.717, 1.165) is 15.6 Å². The van der Waals surface area contributed by atoms with Crippen LogP contribution in [0, 0.1) is 13.8 Å². The molecule has 3 nitrogen and oxygen atoms in total. The van der Waals surface area contributed by atoms with Crippen molar-refractivity contribution in [1.82, 2.24) is 5.32 Å². The van der Waals surface area contributed by atoms with Gasteiger partial charge >= 0.3 is 0 Å². The molecule has 122 valence electrons. The molecule has 2 aromatic carbocycles. The first-order valence-electron chi connectivity index (χ1n) is 7.31. The maximum atomic E-state index is 12.1. The van der Waals surface area contributed by atoms with Crippen LogP contribution >= 0.6 is 27.5 Å². The van der Waals surface area contributed by atoms with E-state index >= 15 is 0 Å². The Hall–Kier alpha value is -1.52. The number of nitrogens with one attached hydrogen (secondary N) is 1. The van der Waals surface area contributed by atoms with Crippen molar-refractivity contribution in [1.29, 1.82) is 0 Å². The second-order valence-corrected chi connectivity index (χ2v) is 6.84. The van der Waals surface area contributed by atoms with Crippen LogP contribution < -0.4 is 10.1 Å². The number of carbonyl (C=O) groups excluding carboxylic acids is 1. The van der Waals surface area contributed by atoms with Crippen LogP contribution in [0.2, 0.25) is 5.02 Å². The van der Waals surface area contributed by atoms with Gasteiger partial charge in [0.2, 0.25) is 0 Å². The van der Waals surface area contributed by atoms with Crippen molar-refractivity contribution in [3.8, 4) is 5.75 Å². The van der Waals surface area contributed by atoms with E-state index in [1.54, 1.807) is 12.1 Å². The summed E-state index contributed by atoms with van der Waals surface area (Å²) in [6, 6.07) is 11.4. The molecule has 0 aliphatic rings. The van der Waals surface area contributed by atoms with Crippen molar-refractivity contribution in [2.24, 2.45) is 0 Å². The number of hydrogen-bond acceptors (Lipinski definition) is 2. The van der Waals surface area contributed by atoms with E-state index < -0.39 is 0 Å². The molecule has 0 fully saturated rings. The topological polar surface area (TPSA) is 38.3 Å². The van der Waals surface area contributed by atoms with Gasteiger partial charge in [0.15, 0.2) is 6.61 Å². The third kappa shape index (κ3) is 4.98. The third-order valence-electron chi connectivity index (χ3n) is 3.52. The molecule has 2 aromatic rings. The minimum absolute atomic E-state index is 0.0728. The van der Waals surface area contributed by atoms with Gasteiger partial charge < -0.3 is 10.1 Å². The average Bonchev–Trinajstić information content (AvgIpc) is 2.46. The molecule has 0 aliphatic carbocycles. The predicted octanol–water partition coefficient (Wildman–Crippen LogP) is 4.98. The van der Waals surface area contributed by atoms with Crippen molar-refractivity contribution in [3.63, 3.8) is 0 Å². The molecule has 0 bridgehead atoms. The van der Waals surface area contributed by atoms with Crippen molar-refractivity contribution >= 4 is 33.4 Å². The van der Waals surface area contributed by atoms with Gasteiger partial charge in [0.25, 0.3) is 5.91 Å². The van der Waals surface area contributed by atoms with Gasteiger partial charge in [-0.15, -0.1) is 0 Å². The highest BCUT2D eigenvalue weighted by molar-refractivity contribution is 9.10.